The molecule has 17 heavy (non-hydrogen) atoms. The minimum atomic E-state index is -1.18. The molecular weight excluding hydrogens is 220 g/mol. The van der Waals surface area contributed by atoms with Gasteiger partial charge in [-0.1, -0.05) is 19.9 Å². The van der Waals surface area contributed by atoms with E-state index in [1.165, 1.54) is 6.08 Å². The van der Waals surface area contributed by atoms with Crippen LogP contribution in [0.4, 0.5) is 4.79 Å². The summed E-state index contributed by atoms with van der Waals surface area (Å²) in [6, 6.07) is -0.746. The molecule has 0 bridgehead atoms. The van der Waals surface area contributed by atoms with Gasteiger partial charge in [0.15, 0.2) is 0 Å². The van der Waals surface area contributed by atoms with Crippen molar-refractivity contribution in [2.24, 2.45) is 11.3 Å². The van der Waals surface area contributed by atoms with Crippen molar-refractivity contribution >= 4 is 17.8 Å². The smallest absolute Gasteiger partial charge is 0.277 e. The fourth-order valence-electron chi connectivity index (χ4n) is 1.88. The zero-order valence-corrected chi connectivity index (χ0v) is 10.2. The van der Waals surface area contributed by atoms with Gasteiger partial charge in [0.05, 0.1) is 0 Å². The first-order valence-corrected chi connectivity index (χ1v) is 5.70. The molecule has 5 heteroatoms. The van der Waals surface area contributed by atoms with E-state index in [1.807, 2.05) is 13.8 Å². The molecule has 1 aliphatic rings. The molecule has 0 spiro atoms. The average molecular weight is 238 g/mol. The number of amides is 4. The molecule has 0 saturated carbocycles. The Bertz CT molecular complexity index is 341. The number of carbonyl (C=O) groups is 3. The quantitative estimate of drug-likeness (QED) is 0.560. The second-order valence-corrected chi connectivity index (χ2v) is 4.74. The summed E-state index contributed by atoms with van der Waals surface area (Å²) >= 11 is 0. The minimum absolute atomic E-state index is 0.241. The molecule has 1 heterocycles. The van der Waals surface area contributed by atoms with Crippen LogP contribution in [-0.4, -0.2) is 17.8 Å². The molecule has 5 nitrogen and oxygen atoms in total. The normalized spacial score (nSPS) is 18.9. The minimum Gasteiger partial charge on any atom is -0.277 e. The second-order valence-electron chi connectivity index (χ2n) is 4.74. The van der Waals surface area contributed by atoms with Crippen molar-refractivity contribution in [1.82, 2.24) is 10.6 Å². The molecule has 0 aromatic heterocycles. The van der Waals surface area contributed by atoms with Crippen LogP contribution in [0.15, 0.2) is 12.7 Å². The molecule has 1 fully saturated rings. The van der Waals surface area contributed by atoms with Crippen molar-refractivity contribution in [3.63, 3.8) is 0 Å². The van der Waals surface area contributed by atoms with Gasteiger partial charge in [0.1, 0.15) is 5.41 Å². The zero-order valence-electron chi connectivity index (χ0n) is 10.2. The molecule has 4 amide bonds. The number of rotatable bonds is 5. The Labute approximate surface area is 101 Å². The molecule has 94 valence electrons. The van der Waals surface area contributed by atoms with Crippen LogP contribution in [0.5, 0.6) is 0 Å². The first-order valence-electron chi connectivity index (χ1n) is 5.70. The Hall–Kier alpha value is -1.65. The van der Waals surface area contributed by atoms with Crippen molar-refractivity contribution < 1.29 is 14.4 Å². The van der Waals surface area contributed by atoms with Gasteiger partial charge in [-0.3, -0.25) is 20.2 Å². The lowest BCUT2D eigenvalue weighted by molar-refractivity contribution is -0.144. The monoisotopic (exact) mass is 238 g/mol. The number of barbiturate groups is 1. The summed E-state index contributed by atoms with van der Waals surface area (Å²) in [5, 5.41) is 4.30. The molecule has 1 saturated heterocycles. The Morgan fingerprint density at radius 3 is 2.18 bits per heavy atom. The van der Waals surface area contributed by atoms with Gasteiger partial charge in [-0.15, -0.1) is 6.58 Å². The molecule has 0 aromatic carbocycles. The summed E-state index contributed by atoms with van der Waals surface area (Å²) in [5.74, 6) is -0.659. The van der Waals surface area contributed by atoms with Crippen LogP contribution < -0.4 is 10.6 Å². The van der Waals surface area contributed by atoms with Crippen molar-refractivity contribution in [1.29, 1.82) is 0 Å². The highest BCUT2D eigenvalue weighted by molar-refractivity contribution is 6.19. The third-order valence-corrected chi connectivity index (χ3v) is 2.96. The van der Waals surface area contributed by atoms with Gasteiger partial charge in [-0.05, 0) is 25.2 Å². The molecule has 1 aliphatic heterocycles. The van der Waals surface area contributed by atoms with E-state index in [4.69, 9.17) is 0 Å². The molecule has 0 unspecified atom stereocenters. The predicted octanol–water partition coefficient (Wildman–Crippen LogP) is 1.35. The molecule has 0 aromatic rings. The van der Waals surface area contributed by atoms with Crippen molar-refractivity contribution in [3.8, 4) is 0 Å². The number of imide groups is 2. The van der Waals surface area contributed by atoms with E-state index >= 15 is 0 Å². The Balaban J connectivity index is 2.95. The van der Waals surface area contributed by atoms with E-state index in [0.717, 1.165) is 6.42 Å². The molecule has 0 atom stereocenters. The number of allylic oxidation sites excluding steroid dienone is 1. The fourth-order valence-corrected chi connectivity index (χ4v) is 1.88. The Morgan fingerprint density at radius 2 is 1.76 bits per heavy atom. The van der Waals surface area contributed by atoms with Gasteiger partial charge in [0.25, 0.3) is 0 Å². The first-order chi connectivity index (χ1) is 7.92. The number of nitrogens with one attached hydrogen (secondary N) is 2. The van der Waals surface area contributed by atoms with Crippen LogP contribution in [0.3, 0.4) is 0 Å². The lowest BCUT2D eigenvalue weighted by Gasteiger charge is -2.33. The van der Waals surface area contributed by atoms with E-state index in [2.05, 4.69) is 17.2 Å². The van der Waals surface area contributed by atoms with Crippen LogP contribution in [-0.2, 0) is 9.59 Å². The predicted molar refractivity (Wildman–Crippen MR) is 63.0 cm³/mol. The summed E-state index contributed by atoms with van der Waals surface area (Å²) in [7, 11) is 0. The van der Waals surface area contributed by atoms with Crippen molar-refractivity contribution in [3.05, 3.63) is 12.7 Å². The number of hydrogen-bond acceptors (Lipinski definition) is 3. The standard InChI is InChI=1S/C12H18N2O3/c1-4-6-12(7-5-8(2)3)9(15)13-11(17)14-10(12)16/h4,8H,1,5-7H2,2-3H3,(H2,13,14,15,16,17). The van der Waals surface area contributed by atoms with E-state index < -0.39 is 23.3 Å². The first kappa shape index (κ1) is 13.4. The Kier molecular flexibility index (Phi) is 4.04. The summed E-state index contributed by atoms with van der Waals surface area (Å²) < 4.78 is 0. The molecule has 0 radical (unpaired) electrons. The zero-order chi connectivity index (χ0) is 13.1. The number of hydrogen-bond donors (Lipinski definition) is 2. The van der Waals surface area contributed by atoms with Crippen LogP contribution in [0, 0.1) is 11.3 Å². The third-order valence-electron chi connectivity index (χ3n) is 2.96. The molecule has 2 N–H and O–H groups in total. The van der Waals surface area contributed by atoms with Gasteiger partial charge < -0.3 is 0 Å². The highest BCUT2D eigenvalue weighted by atomic mass is 16.2. The van der Waals surface area contributed by atoms with E-state index in [0.29, 0.717) is 12.3 Å². The summed E-state index contributed by atoms with van der Waals surface area (Å²) in [5.41, 5.74) is -1.18. The summed E-state index contributed by atoms with van der Waals surface area (Å²) in [6.45, 7) is 7.61. The fraction of sp³-hybridized carbons (Fsp3) is 0.583. The van der Waals surface area contributed by atoms with Gasteiger partial charge in [-0.25, -0.2) is 4.79 Å². The third kappa shape index (κ3) is 2.72. The lowest BCUT2D eigenvalue weighted by Crippen LogP contribution is -2.62. The SMILES string of the molecule is C=CCC1(CCC(C)C)C(=O)NC(=O)NC1=O. The van der Waals surface area contributed by atoms with Gasteiger partial charge in [0.2, 0.25) is 11.8 Å². The molecule has 0 aliphatic carbocycles. The number of carbonyl (C=O) groups excluding carboxylic acids is 3. The maximum absolute atomic E-state index is 11.9. The highest BCUT2D eigenvalue weighted by Gasteiger charge is 2.48. The van der Waals surface area contributed by atoms with E-state index in [9.17, 15) is 14.4 Å². The maximum Gasteiger partial charge on any atom is 0.328 e. The largest absolute Gasteiger partial charge is 0.328 e. The van der Waals surface area contributed by atoms with E-state index in [1.54, 1.807) is 0 Å². The van der Waals surface area contributed by atoms with Crippen molar-refractivity contribution in [2.75, 3.05) is 0 Å². The highest BCUT2D eigenvalue weighted by Crippen LogP contribution is 2.32. The number of urea groups is 1. The maximum atomic E-state index is 11.9. The average Bonchev–Trinajstić information content (AvgIpc) is 2.21. The van der Waals surface area contributed by atoms with Crippen LogP contribution in [0.25, 0.3) is 0 Å². The molecule has 1 rings (SSSR count). The van der Waals surface area contributed by atoms with Crippen LogP contribution in [0.2, 0.25) is 0 Å². The molecular formula is C12H18N2O3. The topological polar surface area (TPSA) is 75.3 Å². The van der Waals surface area contributed by atoms with Gasteiger partial charge >= 0.3 is 6.03 Å². The second kappa shape index (κ2) is 5.12. The van der Waals surface area contributed by atoms with Gasteiger partial charge in [-0.2, -0.15) is 0 Å². The van der Waals surface area contributed by atoms with E-state index in [-0.39, 0.29) is 6.42 Å². The lowest BCUT2D eigenvalue weighted by atomic mass is 9.76. The van der Waals surface area contributed by atoms with Crippen LogP contribution >= 0.6 is 0 Å². The van der Waals surface area contributed by atoms with Crippen molar-refractivity contribution in [2.45, 2.75) is 33.1 Å². The summed E-state index contributed by atoms with van der Waals surface area (Å²) in [4.78, 5) is 34.8. The Morgan fingerprint density at radius 1 is 1.24 bits per heavy atom. The van der Waals surface area contributed by atoms with Gasteiger partial charge in [0, 0.05) is 0 Å². The van der Waals surface area contributed by atoms with Crippen LogP contribution in [0.1, 0.15) is 33.1 Å². The summed E-state index contributed by atoms with van der Waals surface area (Å²) in [6.07, 6.45) is 2.93.